The number of nitrogens with zero attached hydrogens (tertiary/aromatic N) is 1. The number of hydrogen-bond donors (Lipinski definition) is 1. The van der Waals surface area contributed by atoms with E-state index >= 15 is 0 Å². The smallest absolute Gasteiger partial charge is 0.307 e. The first-order valence-electron chi connectivity index (χ1n) is 11.4. The second-order valence-corrected chi connectivity index (χ2v) is 8.74. The van der Waals surface area contributed by atoms with E-state index in [9.17, 15) is 19.1 Å². The minimum atomic E-state index is -0.929. The van der Waals surface area contributed by atoms with E-state index in [4.69, 9.17) is 4.74 Å². The lowest BCUT2D eigenvalue weighted by Crippen LogP contribution is -2.37. The van der Waals surface area contributed by atoms with E-state index in [2.05, 4.69) is 0 Å². The third-order valence-electron chi connectivity index (χ3n) is 6.47. The van der Waals surface area contributed by atoms with Crippen LogP contribution in [0.3, 0.4) is 0 Å². The third kappa shape index (κ3) is 4.96. The number of methoxy groups -OCH3 is 1. The summed E-state index contributed by atoms with van der Waals surface area (Å²) in [5.41, 5.74) is 4.54. The van der Waals surface area contributed by atoms with E-state index in [0.717, 1.165) is 16.7 Å². The average Bonchev–Trinajstić information content (AvgIpc) is 2.84. The molecule has 0 saturated carbocycles. The molecule has 1 aliphatic rings. The van der Waals surface area contributed by atoms with E-state index < -0.39 is 5.97 Å². The van der Waals surface area contributed by atoms with E-state index in [1.807, 2.05) is 37.3 Å². The van der Waals surface area contributed by atoms with Crippen LogP contribution in [0.25, 0.3) is 11.1 Å². The van der Waals surface area contributed by atoms with Crippen LogP contribution < -0.4 is 4.74 Å². The van der Waals surface area contributed by atoms with Gasteiger partial charge in [0, 0.05) is 25.1 Å². The summed E-state index contributed by atoms with van der Waals surface area (Å²) >= 11 is 0. The lowest BCUT2D eigenvalue weighted by atomic mass is 9.89. The normalized spacial score (nSPS) is 13.8. The van der Waals surface area contributed by atoms with Crippen molar-refractivity contribution in [2.75, 3.05) is 13.7 Å². The lowest BCUT2D eigenvalue weighted by molar-refractivity contribution is -0.136. The first-order chi connectivity index (χ1) is 16.4. The predicted octanol–water partition coefficient (Wildman–Crippen LogP) is 5.21. The van der Waals surface area contributed by atoms with Crippen LogP contribution in [0.4, 0.5) is 4.39 Å². The molecule has 3 aromatic carbocycles. The summed E-state index contributed by atoms with van der Waals surface area (Å²) in [6, 6.07) is 18.3. The molecule has 1 atom stereocenters. The molecule has 1 heterocycles. The minimum absolute atomic E-state index is 0.0313. The van der Waals surface area contributed by atoms with E-state index in [-0.39, 0.29) is 24.1 Å². The number of carbonyl (C=O) groups excluding carboxylic acids is 1. The highest BCUT2D eigenvalue weighted by Crippen LogP contribution is 2.38. The number of carboxylic acids is 1. The van der Waals surface area contributed by atoms with E-state index in [0.29, 0.717) is 48.4 Å². The maximum Gasteiger partial charge on any atom is 0.307 e. The summed E-state index contributed by atoms with van der Waals surface area (Å²) in [5.74, 6) is -0.534. The monoisotopic (exact) mass is 461 g/mol. The molecule has 3 aromatic rings. The Labute approximate surface area is 198 Å². The van der Waals surface area contributed by atoms with Crippen LogP contribution in [-0.2, 0) is 29.0 Å². The quantitative estimate of drug-likeness (QED) is 0.525. The maximum absolute atomic E-state index is 14.7. The van der Waals surface area contributed by atoms with Gasteiger partial charge >= 0.3 is 5.97 Å². The molecule has 4 rings (SSSR count). The Hall–Kier alpha value is -3.67. The molecule has 0 radical (unpaired) electrons. The van der Waals surface area contributed by atoms with Crippen molar-refractivity contribution in [1.29, 1.82) is 0 Å². The van der Waals surface area contributed by atoms with Crippen molar-refractivity contribution in [2.24, 2.45) is 0 Å². The highest BCUT2D eigenvalue weighted by atomic mass is 19.1. The standard InChI is InChI=1S/C28H28FNO4/c1-18(20-6-4-3-5-7-20)14-27(31)30-13-12-22-24(17-30)21(9-10-25(22)29)23-15-19(16-28(32)33)8-11-26(23)34-2/h3-11,15,18H,12-14,16-17H2,1-2H3,(H,32,33). The van der Waals surface area contributed by atoms with Gasteiger partial charge in [0.25, 0.3) is 0 Å². The first kappa shape index (κ1) is 23.5. The van der Waals surface area contributed by atoms with Gasteiger partial charge < -0.3 is 14.7 Å². The highest BCUT2D eigenvalue weighted by Gasteiger charge is 2.27. The molecule has 34 heavy (non-hydrogen) atoms. The molecular formula is C28H28FNO4. The average molecular weight is 462 g/mol. The molecule has 0 aliphatic carbocycles. The van der Waals surface area contributed by atoms with Crippen molar-refractivity contribution in [1.82, 2.24) is 4.90 Å². The van der Waals surface area contributed by atoms with Gasteiger partial charge in [-0.25, -0.2) is 4.39 Å². The number of hydrogen-bond acceptors (Lipinski definition) is 3. The highest BCUT2D eigenvalue weighted by molar-refractivity contribution is 5.80. The summed E-state index contributed by atoms with van der Waals surface area (Å²) < 4.78 is 20.3. The van der Waals surface area contributed by atoms with Crippen LogP contribution in [0.15, 0.2) is 60.7 Å². The summed E-state index contributed by atoms with van der Waals surface area (Å²) in [6.45, 7) is 2.80. The molecule has 5 nitrogen and oxygen atoms in total. The van der Waals surface area contributed by atoms with Crippen LogP contribution in [0, 0.1) is 5.82 Å². The molecule has 1 aliphatic heterocycles. The fourth-order valence-corrected chi connectivity index (χ4v) is 4.64. The van der Waals surface area contributed by atoms with Gasteiger partial charge in [-0.05, 0) is 58.4 Å². The van der Waals surface area contributed by atoms with Crippen molar-refractivity contribution < 1.29 is 23.8 Å². The van der Waals surface area contributed by atoms with Crippen LogP contribution in [0.2, 0.25) is 0 Å². The zero-order chi connectivity index (χ0) is 24.2. The van der Waals surface area contributed by atoms with Gasteiger partial charge in [-0.1, -0.05) is 49.4 Å². The Bertz CT molecular complexity index is 1210. The predicted molar refractivity (Wildman–Crippen MR) is 128 cm³/mol. The number of carboxylic acid groups (broad SMARTS) is 1. The lowest BCUT2D eigenvalue weighted by Gasteiger charge is -2.32. The summed E-state index contributed by atoms with van der Waals surface area (Å²) in [5, 5.41) is 9.21. The van der Waals surface area contributed by atoms with Gasteiger partial charge in [-0.3, -0.25) is 9.59 Å². The molecule has 0 bridgehead atoms. The number of benzene rings is 3. The fourth-order valence-electron chi connectivity index (χ4n) is 4.64. The molecular weight excluding hydrogens is 433 g/mol. The van der Waals surface area contributed by atoms with Crippen LogP contribution in [0.1, 0.15) is 41.5 Å². The van der Waals surface area contributed by atoms with Crippen molar-refractivity contribution >= 4 is 11.9 Å². The minimum Gasteiger partial charge on any atom is -0.496 e. The summed E-state index contributed by atoms with van der Waals surface area (Å²) in [4.78, 5) is 26.2. The van der Waals surface area contributed by atoms with Gasteiger partial charge in [0.2, 0.25) is 5.91 Å². The van der Waals surface area contributed by atoms with Gasteiger partial charge in [0.1, 0.15) is 11.6 Å². The van der Waals surface area contributed by atoms with Crippen molar-refractivity contribution in [3.05, 3.63) is 88.7 Å². The molecule has 0 aromatic heterocycles. The van der Waals surface area contributed by atoms with Gasteiger partial charge in [0.05, 0.1) is 13.5 Å². The van der Waals surface area contributed by atoms with Crippen LogP contribution in [0.5, 0.6) is 5.75 Å². The van der Waals surface area contributed by atoms with Crippen molar-refractivity contribution in [3.63, 3.8) is 0 Å². The summed E-state index contributed by atoms with van der Waals surface area (Å²) in [6.07, 6.45) is 0.682. The molecule has 1 N–H and O–H groups in total. The molecule has 0 fully saturated rings. The second kappa shape index (κ2) is 10.1. The Kier molecular flexibility index (Phi) is 6.96. The Morgan fingerprint density at radius 2 is 1.82 bits per heavy atom. The molecule has 6 heteroatoms. The van der Waals surface area contributed by atoms with Crippen molar-refractivity contribution in [2.45, 2.75) is 38.6 Å². The number of rotatable bonds is 7. The van der Waals surface area contributed by atoms with Gasteiger partial charge in [0.15, 0.2) is 0 Å². The number of halogens is 1. The summed E-state index contributed by atoms with van der Waals surface area (Å²) in [7, 11) is 1.55. The third-order valence-corrected chi connectivity index (χ3v) is 6.47. The number of ether oxygens (including phenoxy) is 1. The topological polar surface area (TPSA) is 66.8 Å². The second-order valence-electron chi connectivity index (χ2n) is 8.74. The largest absolute Gasteiger partial charge is 0.496 e. The zero-order valence-electron chi connectivity index (χ0n) is 19.4. The zero-order valence-corrected chi connectivity index (χ0v) is 19.4. The van der Waals surface area contributed by atoms with Gasteiger partial charge in [-0.2, -0.15) is 0 Å². The first-order valence-corrected chi connectivity index (χ1v) is 11.4. The fraction of sp³-hybridized carbons (Fsp3) is 0.286. The SMILES string of the molecule is COc1ccc(CC(=O)O)cc1-c1ccc(F)c2c1CN(C(=O)CC(C)c1ccccc1)CC2. The molecule has 0 saturated heterocycles. The molecule has 1 amide bonds. The Balaban J connectivity index is 1.65. The number of fused-ring (bicyclic) bond motifs is 1. The number of aliphatic carboxylic acids is 1. The van der Waals surface area contributed by atoms with Crippen molar-refractivity contribution in [3.8, 4) is 16.9 Å². The molecule has 176 valence electrons. The van der Waals surface area contributed by atoms with Crippen LogP contribution >= 0.6 is 0 Å². The molecule has 0 spiro atoms. The van der Waals surface area contributed by atoms with Crippen LogP contribution in [-0.4, -0.2) is 35.5 Å². The Morgan fingerprint density at radius 3 is 2.53 bits per heavy atom. The maximum atomic E-state index is 14.7. The number of carbonyl (C=O) groups is 2. The van der Waals surface area contributed by atoms with E-state index in [1.54, 1.807) is 36.3 Å². The number of amides is 1. The Morgan fingerprint density at radius 1 is 1.06 bits per heavy atom. The van der Waals surface area contributed by atoms with Gasteiger partial charge in [-0.15, -0.1) is 0 Å². The van der Waals surface area contributed by atoms with E-state index in [1.165, 1.54) is 6.07 Å². The molecule has 1 unspecified atom stereocenters.